The monoisotopic (exact) mass is 391 g/mol. The fourth-order valence-electron chi connectivity index (χ4n) is 4.42. The molecule has 3 aromatic rings. The van der Waals surface area contributed by atoms with Crippen LogP contribution in [0.5, 0.6) is 0 Å². The molecule has 8 heteroatoms. The van der Waals surface area contributed by atoms with Crippen molar-refractivity contribution < 1.29 is 4.79 Å². The Balaban J connectivity index is 1.32. The summed E-state index contributed by atoms with van der Waals surface area (Å²) in [7, 11) is 0. The predicted molar refractivity (Wildman–Crippen MR) is 107 cm³/mol. The molecule has 150 valence electrons. The van der Waals surface area contributed by atoms with Crippen LogP contribution >= 0.6 is 0 Å². The summed E-state index contributed by atoms with van der Waals surface area (Å²) in [5.41, 5.74) is 0.961. The van der Waals surface area contributed by atoms with Crippen LogP contribution in [0.4, 0.5) is 0 Å². The van der Waals surface area contributed by atoms with Crippen molar-refractivity contribution in [3.63, 3.8) is 0 Å². The van der Waals surface area contributed by atoms with Crippen molar-refractivity contribution in [3.8, 4) is 0 Å². The van der Waals surface area contributed by atoms with Crippen LogP contribution in [0.25, 0.3) is 0 Å². The number of nitrogens with one attached hydrogen (secondary N) is 1. The molecule has 1 amide bonds. The molecule has 1 atom stereocenters. The van der Waals surface area contributed by atoms with Crippen molar-refractivity contribution in [2.24, 2.45) is 0 Å². The molecule has 2 aromatic heterocycles. The normalized spacial score (nSPS) is 18.4. The van der Waals surface area contributed by atoms with E-state index >= 15 is 0 Å². The van der Waals surface area contributed by atoms with Gasteiger partial charge in [-0.2, -0.15) is 5.10 Å². The molecular weight excluding hydrogens is 366 g/mol. The summed E-state index contributed by atoms with van der Waals surface area (Å²) in [4.78, 5) is 15.4. The third-order valence-electron chi connectivity index (χ3n) is 5.96. The molecule has 5 rings (SSSR count). The van der Waals surface area contributed by atoms with Crippen LogP contribution in [0.3, 0.4) is 0 Å². The Hall–Kier alpha value is -3.00. The number of piperidine rings is 1. The Morgan fingerprint density at radius 1 is 1.07 bits per heavy atom. The molecule has 2 aliphatic heterocycles. The molecule has 0 bridgehead atoms. The van der Waals surface area contributed by atoms with Crippen molar-refractivity contribution in [2.45, 2.75) is 37.9 Å². The van der Waals surface area contributed by atoms with E-state index in [1.165, 1.54) is 0 Å². The van der Waals surface area contributed by atoms with Gasteiger partial charge in [0.1, 0.15) is 11.6 Å². The molecule has 0 spiro atoms. The summed E-state index contributed by atoms with van der Waals surface area (Å²) in [5.74, 6) is 2.57. The highest BCUT2D eigenvalue weighted by Crippen LogP contribution is 2.30. The van der Waals surface area contributed by atoms with E-state index in [0.717, 1.165) is 62.8 Å². The minimum Gasteiger partial charge on any atom is -0.340 e. The van der Waals surface area contributed by atoms with E-state index in [4.69, 9.17) is 0 Å². The summed E-state index contributed by atoms with van der Waals surface area (Å²) >= 11 is 0. The van der Waals surface area contributed by atoms with Gasteiger partial charge in [0.2, 0.25) is 0 Å². The van der Waals surface area contributed by atoms with E-state index < -0.39 is 6.04 Å². The molecule has 0 aliphatic carbocycles. The third kappa shape index (κ3) is 3.44. The summed E-state index contributed by atoms with van der Waals surface area (Å²) in [6.07, 6.45) is 5.41. The van der Waals surface area contributed by atoms with Gasteiger partial charge in [0.05, 0.1) is 6.54 Å². The number of aromatic nitrogens is 5. The lowest BCUT2D eigenvalue weighted by molar-refractivity contribution is -0.134. The molecule has 1 saturated heterocycles. The maximum atomic E-state index is 13.4. The lowest BCUT2D eigenvalue weighted by atomic mass is 9.94. The van der Waals surface area contributed by atoms with Crippen LogP contribution in [0.2, 0.25) is 0 Å². The number of nitrogens with zero attached hydrogens (tertiary/aromatic N) is 6. The number of rotatable bonds is 4. The Morgan fingerprint density at radius 3 is 2.66 bits per heavy atom. The van der Waals surface area contributed by atoms with E-state index in [2.05, 4.69) is 25.2 Å². The summed E-state index contributed by atoms with van der Waals surface area (Å²) in [6, 6.07) is 11.3. The molecule has 29 heavy (non-hydrogen) atoms. The first-order valence-electron chi connectivity index (χ1n) is 10.3. The van der Waals surface area contributed by atoms with Gasteiger partial charge in [-0.25, -0.2) is 0 Å². The average Bonchev–Trinajstić information content (AvgIpc) is 3.45. The van der Waals surface area contributed by atoms with Crippen molar-refractivity contribution in [1.82, 2.24) is 34.8 Å². The minimum atomic E-state index is -0.422. The molecule has 8 nitrogen and oxygen atoms in total. The number of likely N-dealkylation sites (tertiary alicyclic amines) is 1. The maximum absolute atomic E-state index is 13.4. The van der Waals surface area contributed by atoms with Crippen LogP contribution in [-0.4, -0.2) is 55.0 Å². The molecule has 0 saturated carbocycles. The fourth-order valence-corrected chi connectivity index (χ4v) is 4.42. The number of hydrogen-bond acceptors (Lipinski definition) is 5. The van der Waals surface area contributed by atoms with Crippen LogP contribution < -0.4 is 5.32 Å². The lowest BCUT2D eigenvalue weighted by Crippen LogP contribution is -2.43. The molecule has 1 aromatic carbocycles. The number of benzene rings is 1. The van der Waals surface area contributed by atoms with E-state index in [0.29, 0.717) is 5.92 Å². The SMILES string of the molecule is O=C(C(c1ccccc1)n1cccn1)N1CCC(c2nnc3n2CCNC3)CC1. The Kier molecular flexibility index (Phi) is 4.85. The van der Waals surface area contributed by atoms with Crippen molar-refractivity contribution in [2.75, 3.05) is 19.6 Å². The van der Waals surface area contributed by atoms with Gasteiger partial charge in [-0.1, -0.05) is 30.3 Å². The standard InChI is InChI=1S/C21H25N7O/c29-21(19(28-11-4-9-23-28)16-5-2-1-3-6-16)26-12-7-17(8-13-26)20-25-24-18-15-22-10-14-27(18)20/h1-6,9,11,17,19,22H,7-8,10,12-15H2. The number of fused-ring (bicyclic) bond motifs is 1. The zero-order valence-corrected chi connectivity index (χ0v) is 16.3. The molecule has 1 fully saturated rings. The quantitative estimate of drug-likeness (QED) is 0.730. The average molecular weight is 391 g/mol. The second-order valence-electron chi connectivity index (χ2n) is 7.70. The van der Waals surface area contributed by atoms with E-state index in [1.807, 2.05) is 47.5 Å². The Morgan fingerprint density at radius 2 is 1.90 bits per heavy atom. The third-order valence-corrected chi connectivity index (χ3v) is 5.96. The second-order valence-corrected chi connectivity index (χ2v) is 7.70. The van der Waals surface area contributed by atoms with Crippen LogP contribution in [0.1, 0.15) is 42.0 Å². The van der Waals surface area contributed by atoms with Crippen molar-refractivity contribution in [1.29, 1.82) is 0 Å². The maximum Gasteiger partial charge on any atom is 0.252 e. The topological polar surface area (TPSA) is 80.9 Å². The fraction of sp³-hybridized carbons (Fsp3) is 0.429. The molecule has 1 N–H and O–H groups in total. The zero-order chi connectivity index (χ0) is 19.6. The molecule has 4 heterocycles. The molecular formula is C21H25N7O. The highest BCUT2D eigenvalue weighted by atomic mass is 16.2. The van der Waals surface area contributed by atoms with Crippen LogP contribution in [0, 0.1) is 0 Å². The largest absolute Gasteiger partial charge is 0.340 e. The van der Waals surface area contributed by atoms with Gasteiger partial charge in [0.15, 0.2) is 6.04 Å². The van der Waals surface area contributed by atoms with E-state index in [-0.39, 0.29) is 5.91 Å². The molecule has 0 radical (unpaired) electrons. The van der Waals surface area contributed by atoms with Crippen molar-refractivity contribution in [3.05, 3.63) is 66.0 Å². The second kappa shape index (κ2) is 7.79. The first-order valence-corrected chi connectivity index (χ1v) is 10.3. The van der Waals surface area contributed by atoms with Crippen LogP contribution in [-0.2, 0) is 17.9 Å². The first-order chi connectivity index (χ1) is 14.3. The van der Waals surface area contributed by atoms with Gasteiger partial charge in [-0.15, -0.1) is 10.2 Å². The van der Waals surface area contributed by atoms with Gasteiger partial charge in [0, 0.05) is 44.5 Å². The Bertz CT molecular complexity index is 958. The van der Waals surface area contributed by atoms with Gasteiger partial charge < -0.3 is 14.8 Å². The number of hydrogen-bond donors (Lipinski definition) is 1. The number of carbonyl (C=O) groups is 1. The van der Waals surface area contributed by atoms with E-state index in [1.54, 1.807) is 10.9 Å². The highest BCUT2D eigenvalue weighted by molar-refractivity contribution is 5.83. The van der Waals surface area contributed by atoms with Gasteiger partial charge in [0.25, 0.3) is 5.91 Å². The number of amides is 1. The minimum absolute atomic E-state index is 0.103. The smallest absolute Gasteiger partial charge is 0.252 e. The molecule has 1 unspecified atom stereocenters. The summed E-state index contributed by atoms with van der Waals surface area (Å²) in [6.45, 7) is 4.13. The van der Waals surface area contributed by atoms with Crippen LogP contribution in [0.15, 0.2) is 48.8 Å². The zero-order valence-electron chi connectivity index (χ0n) is 16.3. The lowest BCUT2D eigenvalue weighted by Gasteiger charge is -2.34. The summed E-state index contributed by atoms with van der Waals surface area (Å²) < 4.78 is 4.01. The Labute approximate surface area is 169 Å². The van der Waals surface area contributed by atoms with E-state index in [9.17, 15) is 4.79 Å². The molecule has 2 aliphatic rings. The van der Waals surface area contributed by atoms with Gasteiger partial charge >= 0.3 is 0 Å². The first kappa shape index (κ1) is 18.1. The predicted octanol–water partition coefficient (Wildman–Crippen LogP) is 1.57. The summed E-state index contributed by atoms with van der Waals surface area (Å²) in [5, 5.41) is 16.5. The highest BCUT2D eigenvalue weighted by Gasteiger charge is 2.33. The number of carbonyl (C=O) groups excluding carboxylic acids is 1. The van der Waals surface area contributed by atoms with Gasteiger partial charge in [-0.05, 0) is 24.5 Å². The van der Waals surface area contributed by atoms with Gasteiger partial charge in [-0.3, -0.25) is 9.48 Å². The van der Waals surface area contributed by atoms with Crippen molar-refractivity contribution >= 4 is 5.91 Å².